The third kappa shape index (κ3) is 2.69. The van der Waals surface area contributed by atoms with Gasteiger partial charge < -0.3 is 9.88 Å². The summed E-state index contributed by atoms with van der Waals surface area (Å²) in [7, 11) is 0. The summed E-state index contributed by atoms with van der Waals surface area (Å²) in [4.78, 5) is 11.4. The van der Waals surface area contributed by atoms with Crippen LogP contribution in [-0.4, -0.2) is 26.7 Å². The quantitative estimate of drug-likeness (QED) is 0.874. The number of amides is 1. The van der Waals surface area contributed by atoms with E-state index in [1.165, 1.54) is 18.2 Å². The molecule has 108 valence electrons. The molecule has 21 heavy (non-hydrogen) atoms. The summed E-state index contributed by atoms with van der Waals surface area (Å²) in [6.45, 7) is 4.06. The molecule has 1 amide bonds. The molecule has 5 nitrogen and oxygen atoms in total. The average molecular weight is 286 g/mol. The summed E-state index contributed by atoms with van der Waals surface area (Å²) < 4.78 is 15.0. The summed E-state index contributed by atoms with van der Waals surface area (Å²) in [5, 5.41) is 11.3. The van der Waals surface area contributed by atoms with Crippen LogP contribution in [0.2, 0.25) is 0 Å². The number of nitrogens with one attached hydrogen (secondary N) is 1. The van der Waals surface area contributed by atoms with E-state index in [4.69, 9.17) is 0 Å². The van der Waals surface area contributed by atoms with Crippen LogP contribution in [0.4, 0.5) is 4.39 Å². The largest absolute Gasteiger partial charge is 0.348 e. The monoisotopic (exact) mass is 286 g/mol. The molecule has 0 aliphatic carbocycles. The first kappa shape index (κ1) is 13.5. The van der Waals surface area contributed by atoms with Crippen LogP contribution in [0.25, 0.3) is 11.4 Å². The third-order valence-corrected chi connectivity index (χ3v) is 3.58. The molecule has 1 N–H and O–H groups in total. The van der Waals surface area contributed by atoms with E-state index in [1.807, 2.05) is 4.57 Å². The van der Waals surface area contributed by atoms with Gasteiger partial charge in [0.15, 0.2) is 5.82 Å². The van der Waals surface area contributed by atoms with Gasteiger partial charge in [0.2, 0.25) is 5.91 Å². The summed E-state index contributed by atoms with van der Waals surface area (Å²) in [6.07, 6.45) is 2.83. The van der Waals surface area contributed by atoms with Crippen molar-refractivity contribution in [2.75, 3.05) is 0 Å². The van der Waals surface area contributed by atoms with E-state index in [1.54, 1.807) is 12.1 Å². The fourth-order valence-corrected chi connectivity index (χ4v) is 2.52. The lowest BCUT2D eigenvalue weighted by Gasteiger charge is -2.24. The van der Waals surface area contributed by atoms with Crippen LogP contribution >= 0.6 is 0 Å². The van der Waals surface area contributed by atoms with Crippen LogP contribution in [0.15, 0.2) is 36.9 Å². The Balaban J connectivity index is 1.87. The number of aromatic nitrogens is 3. The molecule has 0 bridgehead atoms. The number of rotatable bonds is 3. The van der Waals surface area contributed by atoms with Gasteiger partial charge in [-0.1, -0.05) is 6.58 Å². The molecular formula is C15H15FN4O. The van der Waals surface area contributed by atoms with Gasteiger partial charge in [0, 0.05) is 24.6 Å². The van der Waals surface area contributed by atoms with E-state index in [2.05, 4.69) is 22.1 Å². The highest BCUT2D eigenvalue weighted by atomic mass is 19.1. The second-order valence-electron chi connectivity index (χ2n) is 5.01. The number of carbonyl (C=O) groups is 1. The summed E-state index contributed by atoms with van der Waals surface area (Å²) in [5.41, 5.74) is 0.811. The van der Waals surface area contributed by atoms with Crippen LogP contribution in [0.5, 0.6) is 0 Å². The van der Waals surface area contributed by atoms with Gasteiger partial charge in [-0.2, -0.15) is 0 Å². The molecule has 1 aliphatic heterocycles. The van der Waals surface area contributed by atoms with Gasteiger partial charge in [0.05, 0.1) is 0 Å². The Bertz CT molecular complexity index is 677. The van der Waals surface area contributed by atoms with Crippen LogP contribution in [-0.2, 0) is 17.8 Å². The van der Waals surface area contributed by atoms with Gasteiger partial charge in [-0.05, 0) is 36.8 Å². The molecule has 1 aromatic heterocycles. The van der Waals surface area contributed by atoms with Crippen molar-refractivity contribution < 1.29 is 9.18 Å². The maximum atomic E-state index is 13.0. The normalized spacial score (nSPS) is 17.1. The summed E-state index contributed by atoms with van der Waals surface area (Å²) >= 11 is 0. The maximum absolute atomic E-state index is 13.0. The lowest BCUT2D eigenvalue weighted by Crippen LogP contribution is -2.40. The number of hydrogen-bond donors (Lipinski definition) is 1. The number of halogens is 1. The van der Waals surface area contributed by atoms with Gasteiger partial charge in [-0.25, -0.2) is 4.39 Å². The first-order valence-corrected chi connectivity index (χ1v) is 6.78. The zero-order valence-corrected chi connectivity index (χ0v) is 11.4. The number of aryl methyl sites for hydroxylation is 1. The smallest absolute Gasteiger partial charge is 0.243 e. The van der Waals surface area contributed by atoms with Crippen LogP contribution in [0, 0.1) is 5.82 Å². The van der Waals surface area contributed by atoms with Crippen molar-refractivity contribution in [3.63, 3.8) is 0 Å². The second-order valence-corrected chi connectivity index (χ2v) is 5.01. The molecule has 0 radical (unpaired) electrons. The highest BCUT2D eigenvalue weighted by Gasteiger charge is 2.24. The Morgan fingerprint density at radius 1 is 1.38 bits per heavy atom. The molecule has 1 atom stereocenters. The first-order valence-electron chi connectivity index (χ1n) is 6.78. The van der Waals surface area contributed by atoms with Gasteiger partial charge in [-0.15, -0.1) is 10.2 Å². The second kappa shape index (κ2) is 5.47. The molecule has 0 saturated carbocycles. The number of benzene rings is 1. The minimum Gasteiger partial charge on any atom is -0.348 e. The van der Waals surface area contributed by atoms with Crippen LogP contribution in [0.3, 0.4) is 0 Å². The van der Waals surface area contributed by atoms with Crippen molar-refractivity contribution in [2.45, 2.75) is 25.4 Å². The van der Waals surface area contributed by atoms with Crippen molar-refractivity contribution in [1.82, 2.24) is 20.1 Å². The molecular weight excluding hydrogens is 271 g/mol. The molecule has 1 aliphatic rings. The van der Waals surface area contributed by atoms with Gasteiger partial charge in [0.1, 0.15) is 11.6 Å². The zero-order valence-electron chi connectivity index (χ0n) is 11.4. The Kier molecular flexibility index (Phi) is 3.51. The van der Waals surface area contributed by atoms with E-state index < -0.39 is 0 Å². The Morgan fingerprint density at radius 3 is 2.86 bits per heavy atom. The van der Waals surface area contributed by atoms with Crippen molar-refractivity contribution >= 4 is 5.91 Å². The summed E-state index contributed by atoms with van der Waals surface area (Å²) in [6, 6.07) is 6.18. The van der Waals surface area contributed by atoms with Crippen molar-refractivity contribution in [3.05, 3.63) is 48.6 Å². The highest BCUT2D eigenvalue weighted by Crippen LogP contribution is 2.23. The lowest BCUT2D eigenvalue weighted by molar-refractivity contribution is -0.117. The SMILES string of the molecule is C=CC(=O)NC1CCc2nnc(-c3ccc(F)cc3)n2C1. The molecule has 2 heterocycles. The number of hydrogen-bond acceptors (Lipinski definition) is 3. The Morgan fingerprint density at radius 2 is 2.14 bits per heavy atom. The summed E-state index contributed by atoms with van der Waals surface area (Å²) in [5.74, 6) is 1.12. The van der Waals surface area contributed by atoms with E-state index in [0.29, 0.717) is 12.4 Å². The molecule has 0 spiro atoms. The van der Waals surface area contributed by atoms with Gasteiger partial charge in [0.25, 0.3) is 0 Å². The minimum atomic E-state index is -0.284. The Labute approximate surface area is 121 Å². The van der Waals surface area contributed by atoms with Gasteiger partial charge in [-0.3, -0.25) is 4.79 Å². The molecule has 6 heteroatoms. The fraction of sp³-hybridized carbons (Fsp3) is 0.267. The highest BCUT2D eigenvalue weighted by molar-refractivity contribution is 5.87. The number of fused-ring (bicyclic) bond motifs is 1. The van der Waals surface area contributed by atoms with Crippen LogP contribution in [0.1, 0.15) is 12.2 Å². The predicted molar refractivity (Wildman–Crippen MR) is 75.9 cm³/mol. The zero-order chi connectivity index (χ0) is 14.8. The van der Waals surface area contributed by atoms with Gasteiger partial charge >= 0.3 is 0 Å². The average Bonchev–Trinajstić information content (AvgIpc) is 2.91. The number of nitrogens with zero attached hydrogens (tertiary/aromatic N) is 3. The molecule has 1 aromatic carbocycles. The third-order valence-electron chi connectivity index (χ3n) is 3.58. The minimum absolute atomic E-state index is 0.0261. The van der Waals surface area contributed by atoms with E-state index >= 15 is 0 Å². The van der Waals surface area contributed by atoms with E-state index in [9.17, 15) is 9.18 Å². The van der Waals surface area contributed by atoms with Crippen molar-refractivity contribution in [2.24, 2.45) is 0 Å². The van der Waals surface area contributed by atoms with E-state index in [-0.39, 0.29) is 17.8 Å². The molecule has 1 unspecified atom stereocenters. The predicted octanol–water partition coefficient (Wildman–Crippen LogP) is 1.70. The lowest BCUT2D eigenvalue weighted by atomic mass is 10.1. The number of carbonyl (C=O) groups excluding carboxylic acids is 1. The Hall–Kier alpha value is -2.50. The molecule has 2 aromatic rings. The van der Waals surface area contributed by atoms with E-state index in [0.717, 1.165) is 24.2 Å². The standard InChI is InChI=1S/C15H15FN4O/c1-2-14(21)17-12-7-8-13-18-19-15(20(13)9-12)10-3-5-11(16)6-4-10/h2-6,12H,1,7-9H2,(H,17,21). The fourth-order valence-electron chi connectivity index (χ4n) is 2.52. The van der Waals surface area contributed by atoms with Crippen molar-refractivity contribution in [1.29, 1.82) is 0 Å². The first-order chi connectivity index (χ1) is 10.2. The van der Waals surface area contributed by atoms with Crippen LogP contribution < -0.4 is 5.32 Å². The molecule has 0 saturated heterocycles. The maximum Gasteiger partial charge on any atom is 0.243 e. The van der Waals surface area contributed by atoms with Crippen molar-refractivity contribution in [3.8, 4) is 11.4 Å². The molecule has 3 rings (SSSR count). The topological polar surface area (TPSA) is 59.8 Å². The molecule has 0 fully saturated rings.